The largest absolute Gasteiger partial charge is 0.493 e. The molecule has 0 spiro atoms. The monoisotopic (exact) mass is 548 g/mol. The van der Waals surface area contributed by atoms with Gasteiger partial charge in [0.25, 0.3) is 8.32 Å². The van der Waals surface area contributed by atoms with Crippen LogP contribution in [0.1, 0.15) is 38.3 Å². The molecule has 0 aromatic heterocycles. The number of hydrogen-bond acceptors (Lipinski definition) is 3. The first-order valence-electron chi connectivity index (χ1n) is 14.1. The Hall–Kier alpha value is -3.60. The van der Waals surface area contributed by atoms with Gasteiger partial charge in [0.05, 0.1) is 14.2 Å². The minimum Gasteiger partial charge on any atom is -0.493 e. The van der Waals surface area contributed by atoms with Gasteiger partial charge < -0.3 is 13.9 Å². The maximum Gasteiger partial charge on any atom is 0.261 e. The third-order valence-electron chi connectivity index (χ3n) is 8.36. The van der Waals surface area contributed by atoms with E-state index in [1.165, 1.54) is 15.9 Å². The molecule has 1 aliphatic rings. The van der Waals surface area contributed by atoms with Gasteiger partial charge in [-0.3, -0.25) is 0 Å². The lowest BCUT2D eigenvalue weighted by atomic mass is 9.92. The fourth-order valence-electron chi connectivity index (χ4n) is 6.15. The first-order chi connectivity index (χ1) is 19.3. The molecule has 1 fully saturated rings. The molecule has 2 unspecified atom stereocenters. The molecule has 5 rings (SSSR count). The van der Waals surface area contributed by atoms with Crippen LogP contribution < -0.4 is 19.8 Å². The Labute approximate surface area is 240 Å². The lowest BCUT2D eigenvalue weighted by Crippen LogP contribution is -2.66. The van der Waals surface area contributed by atoms with Crippen LogP contribution >= 0.6 is 0 Å². The second-order valence-electron chi connectivity index (χ2n) is 11.7. The van der Waals surface area contributed by atoms with Gasteiger partial charge in [0, 0.05) is 12.0 Å². The highest BCUT2D eigenvalue weighted by Gasteiger charge is 2.56. The molecule has 206 valence electrons. The molecule has 0 aliphatic heterocycles. The van der Waals surface area contributed by atoms with Crippen molar-refractivity contribution in [1.29, 1.82) is 0 Å². The van der Waals surface area contributed by atoms with Gasteiger partial charge >= 0.3 is 0 Å². The van der Waals surface area contributed by atoms with Crippen LogP contribution in [-0.4, -0.2) is 29.1 Å². The lowest BCUT2D eigenvalue weighted by Gasteiger charge is -2.43. The SMILES string of the molecule is COc1ccc(C=CC2(c3ccccc3)CC2CO[Si](c2ccccc2)(c2ccccc2)C(C)(C)C)cc1OC. The number of rotatable bonds is 10. The summed E-state index contributed by atoms with van der Waals surface area (Å²) < 4.78 is 18.3. The van der Waals surface area contributed by atoms with E-state index in [0.717, 1.165) is 23.5 Å². The lowest BCUT2D eigenvalue weighted by molar-refractivity contribution is 0.274. The Morgan fingerprint density at radius 3 is 1.82 bits per heavy atom. The van der Waals surface area contributed by atoms with Crippen LogP contribution in [-0.2, 0) is 9.84 Å². The maximum absolute atomic E-state index is 7.35. The van der Waals surface area contributed by atoms with Crippen LogP contribution in [0.5, 0.6) is 11.5 Å². The summed E-state index contributed by atoms with van der Waals surface area (Å²) in [6.07, 6.45) is 5.65. The summed E-state index contributed by atoms with van der Waals surface area (Å²) in [6.45, 7) is 7.73. The Balaban J connectivity index is 1.49. The van der Waals surface area contributed by atoms with Gasteiger partial charge in [-0.2, -0.15) is 0 Å². The molecule has 0 radical (unpaired) electrons. The summed E-state index contributed by atoms with van der Waals surface area (Å²) in [5.41, 5.74) is 2.36. The molecular weight excluding hydrogens is 508 g/mol. The number of benzene rings is 4. The van der Waals surface area contributed by atoms with Crippen LogP contribution in [0.15, 0.2) is 115 Å². The molecular formula is C36H40O3Si. The number of hydrogen-bond donors (Lipinski definition) is 0. The predicted octanol–water partition coefficient (Wildman–Crippen LogP) is 7.25. The Morgan fingerprint density at radius 1 is 0.750 bits per heavy atom. The van der Waals surface area contributed by atoms with Crippen molar-refractivity contribution >= 4 is 24.8 Å². The first-order valence-corrected chi connectivity index (χ1v) is 16.0. The second-order valence-corrected chi connectivity index (χ2v) is 16.0. The topological polar surface area (TPSA) is 27.7 Å². The van der Waals surface area contributed by atoms with Crippen LogP contribution in [0.25, 0.3) is 6.08 Å². The van der Waals surface area contributed by atoms with Crippen molar-refractivity contribution in [2.75, 3.05) is 20.8 Å². The molecule has 0 amide bonds. The minimum atomic E-state index is -2.60. The van der Waals surface area contributed by atoms with E-state index < -0.39 is 8.32 Å². The first kappa shape index (κ1) is 27.9. The predicted molar refractivity (Wildman–Crippen MR) is 168 cm³/mol. The zero-order chi connectivity index (χ0) is 28.2. The van der Waals surface area contributed by atoms with E-state index in [0.29, 0.717) is 12.5 Å². The molecule has 4 aromatic rings. The minimum absolute atomic E-state index is 0.0461. The van der Waals surface area contributed by atoms with E-state index in [1.54, 1.807) is 14.2 Å². The highest BCUT2D eigenvalue weighted by Crippen LogP contribution is 2.56. The molecule has 0 bridgehead atoms. The van der Waals surface area contributed by atoms with Crippen molar-refractivity contribution in [3.63, 3.8) is 0 Å². The molecule has 4 heteroatoms. The molecule has 0 heterocycles. The zero-order valence-corrected chi connectivity index (χ0v) is 25.3. The van der Waals surface area contributed by atoms with Gasteiger partial charge in [-0.05, 0) is 51.0 Å². The van der Waals surface area contributed by atoms with Crippen molar-refractivity contribution < 1.29 is 13.9 Å². The Morgan fingerprint density at radius 2 is 1.30 bits per heavy atom. The smallest absolute Gasteiger partial charge is 0.261 e. The molecule has 1 saturated carbocycles. The van der Waals surface area contributed by atoms with E-state index in [9.17, 15) is 0 Å². The fourth-order valence-corrected chi connectivity index (χ4v) is 10.8. The second kappa shape index (κ2) is 11.5. The van der Waals surface area contributed by atoms with Crippen molar-refractivity contribution in [3.05, 3.63) is 126 Å². The summed E-state index contributed by atoms with van der Waals surface area (Å²) in [5.74, 6) is 1.86. The van der Waals surface area contributed by atoms with Gasteiger partial charge in [-0.1, -0.05) is 130 Å². The highest BCUT2D eigenvalue weighted by atomic mass is 28.4. The van der Waals surface area contributed by atoms with Crippen LogP contribution in [0.4, 0.5) is 0 Å². The summed E-state index contributed by atoms with van der Waals surface area (Å²) in [5, 5.41) is 2.59. The van der Waals surface area contributed by atoms with E-state index >= 15 is 0 Å². The Bertz CT molecular complexity index is 1390. The van der Waals surface area contributed by atoms with Crippen molar-refractivity contribution in [3.8, 4) is 11.5 Å². The molecule has 0 saturated heterocycles. The van der Waals surface area contributed by atoms with E-state index in [-0.39, 0.29) is 10.5 Å². The standard InChI is InChI=1S/C36H40O3Si/c1-35(2,3)40(31-17-11-7-12-18-31,32-19-13-8-14-20-32)39-27-30-26-36(30,29-15-9-6-10-16-29)24-23-28-21-22-33(37-4)34(25-28)38-5/h6-25,30H,26-27H2,1-5H3. The van der Waals surface area contributed by atoms with E-state index in [4.69, 9.17) is 13.9 Å². The average Bonchev–Trinajstić information content (AvgIpc) is 3.71. The normalized spacial score (nSPS) is 19.0. The van der Waals surface area contributed by atoms with Crippen molar-refractivity contribution in [2.45, 2.75) is 37.6 Å². The quantitative estimate of drug-likeness (QED) is 0.195. The van der Waals surface area contributed by atoms with Crippen LogP contribution in [0.3, 0.4) is 0 Å². The van der Waals surface area contributed by atoms with Crippen molar-refractivity contribution in [2.24, 2.45) is 5.92 Å². The van der Waals surface area contributed by atoms with Gasteiger partial charge in [-0.25, -0.2) is 0 Å². The summed E-state index contributed by atoms with van der Waals surface area (Å²) in [7, 11) is 0.742. The maximum atomic E-state index is 7.35. The van der Waals surface area contributed by atoms with E-state index in [2.05, 4.69) is 130 Å². The van der Waals surface area contributed by atoms with Crippen LogP contribution in [0.2, 0.25) is 5.04 Å². The summed E-state index contributed by atoms with van der Waals surface area (Å²) >= 11 is 0. The third kappa shape index (κ3) is 5.26. The van der Waals surface area contributed by atoms with Crippen LogP contribution in [0, 0.1) is 5.92 Å². The summed E-state index contributed by atoms with van der Waals surface area (Å²) in [4.78, 5) is 0. The molecule has 0 N–H and O–H groups in total. The third-order valence-corrected chi connectivity index (χ3v) is 13.4. The highest BCUT2D eigenvalue weighted by molar-refractivity contribution is 6.99. The van der Waals surface area contributed by atoms with Gasteiger partial charge in [-0.15, -0.1) is 0 Å². The number of allylic oxidation sites excluding steroid dienone is 1. The average molecular weight is 549 g/mol. The molecule has 1 aliphatic carbocycles. The van der Waals surface area contributed by atoms with Gasteiger partial charge in [0.1, 0.15) is 0 Å². The molecule has 3 nitrogen and oxygen atoms in total. The molecule has 4 aromatic carbocycles. The molecule has 40 heavy (non-hydrogen) atoms. The molecule has 2 atom stereocenters. The zero-order valence-electron chi connectivity index (χ0n) is 24.3. The van der Waals surface area contributed by atoms with Gasteiger partial charge in [0.2, 0.25) is 0 Å². The number of ether oxygens (including phenoxy) is 2. The fraction of sp³-hybridized carbons (Fsp3) is 0.278. The van der Waals surface area contributed by atoms with Gasteiger partial charge in [0.15, 0.2) is 11.5 Å². The Kier molecular flexibility index (Phi) is 8.02. The van der Waals surface area contributed by atoms with E-state index in [1.807, 2.05) is 12.1 Å². The van der Waals surface area contributed by atoms with Crippen molar-refractivity contribution in [1.82, 2.24) is 0 Å². The number of methoxy groups -OCH3 is 2. The summed E-state index contributed by atoms with van der Waals surface area (Å²) in [6, 6.07) is 38.8.